The summed E-state index contributed by atoms with van der Waals surface area (Å²) in [5.41, 5.74) is 1.28. The molecule has 128 valence electrons. The summed E-state index contributed by atoms with van der Waals surface area (Å²) in [7, 11) is 0. The van der Waals surface area contributed by atoms with Gasteiger partial charge in [-0.3, -0.25) is 0 Å². The van der Waals surface area contributed by atoms with Gasteiger partial charge in [0.1, 0.15) is 0 Å². The summed E-state index contributed by atoms with van der Waals surface area (Å²) in [6, 6.07) is 0. The van der Waals surface area contributed by atoms with Gasteiger partial charge in [0.2, 0.25) is 0 Å². The van der Waals surface area contributed by atoms with Crippen LogP contribution in [0.15, 0.2) is 35.5 Å². The first kappa shape index (κ1) is 20.6. The van der Waals surface area contributed by atoms with E-state index in [2.05, 4.69) is 13.2 Å². The lowest BCUT2D eigenvalue weighted by molar-refractivity contribution is -0.315. The van der Waals surface area contributed by atoms with E-state index in [1.54, 1.807) is 20.8 Å². The molecule has 0 saturated heterocycles. The van der Waals surface area contributed by atoms with Crippen molar-refractivity contribution < 1.29 is 28.6 Å². The van der Waals surface area contributed by atoms with Gasteiger partial charge >= 0.3 is 23.9 Å². The quantitative estimate of drug-likeness (QED) is 0.406. The molecule has 0 spiro atoms. The Hall–Kier alpha value is -2.37. The van der Waals surface area contributed by atoms with Crippen LogP contribution in [0, 0.1) is 0 Å². The molecule has 0 heterocycles. The van der Waals surface area contributed by atoms with Crippen molar-refractivity contribution in [1.29, 1.82) is 0 Å². The predicted octanol–water partition coefficient (Wildman–Crippen LogP) is 3.19. The van der Waals surface area contributed by atoms with Crippen molar-refractivity contribution in [3.8, 4) is 0 Å². The molecule has 0 rings (SSSR count). The molecule has 0 bridgehead atoms. The highest BCUT2D eigenvalue weighted by atomic mass is 16.9. The molecule has 0 unspecified atom stereocenters. The number of carbonyl (C=O) groups excluding carboxylic acids is 3. The van der Waals surface area contributed by atoms with Gasteiger partial charge in [-0.2, -0.15) is 0 Å². The Morgan fingerprint density at radius 3 is 1.43 bits per heavy atom. The molecule has 0 aliphatic heterocycles. The van der Waals surface area contributed by atoms with Crippen molar-refractivity contribution in [2.45, 2.75) is 53.9 Å². The maximum Gasteiger partial charge on any atom is 0.421 e. The molecule has 0 aromatic rings. The van der Waals surface area contributed by atoms with Gasteiger partial charge < -0.3 is 14.2 Å². The van der Waals surface area contributed by atoms with Crippen molar-refractivity contribution >= 4 is 17.9 Å². The zero-order valence-electron chi connectivity index (χ0n) is 14.6. The van der Waals surface area contributed by atoms with Gasteiger partial charge in [-0.1, -0.05) is 25.7 Å². The summed E-state index contributed by atoms with van der Waals surface area (Å²) in [5, 5.41) is 0. The van der Waals surface area contributed by atoms with Crippen LogP contribution in [0.4, 0.5) is 0 Å². The van der Waals surface area contributed by atoms with Crippen molar-refractivity contribution in [1.82, 2.24) is 0 Å². The molecular formula is C17H24O6. The Bertz CT molecular complexity index is 536. The molecule has 6 nitrogen and oxygen atoms in total. The lowest BCUT2D eigenvalue weighted by atomic mass is 10.1. The molecule has 0 fully saturated rings. The topological polar surface area (TPSA) is 78.9 Å². The Morgan fingerprint density at radius 2 is 1.17 bits per heavy atom. The maximum absolute atomic E-state index is 12.2. The molecule has 0 aromatic heterocycles. The summed E-state index contributed by atoms with van der Waals surface area (Å²) in [4.78, 5) is 35.7. The zero-order chi connectivity index (χ0) is 18.4. The molecule has 0 N–H and O–H groups in total. The van der Waals surface area contributed by atoms with E-state index >= 15 is 0 Å². The van der Waals surface area contributed by atoms with E-state index in [9.17, 15) is 14.4 Å². The number of carbonyl (C=O) groups is 3. The van der Waals surface area contributed by atoms with Crippen molar-refractivity contribution in [2.75, 3.05) is 0 Å². The standard InChI is InChI=1S/C17H24O6/c1-9-13(10(2)3)16(20)23-17(8,21-14(18)11(4)5)22-15(19)12(6)7/h4,6,9H2,1-3,5,7-8H3. The van der Waals surface area contributed by atoms with Crippen LogP contribution in [0.5, 0.6) is 0 Å². The van der Waals surface area contributed by atoms with Gasteiger partial charge in [-0.05, 0) is 34.1 Å². The minimum Gasteiger partial charge on any atom is -0.385 e. The number of rotatable bonds is 7. The average Bonchev–Trinajstić information content (AvgIpc) is 2.37. The SMILES string of the molecule is C=C(C)C(=O)OC(C)(OC(=O)C(=C)C)OC(=O)C(CC)=C(C)C. The lowest BCUT2D eigenvalue weighted by Gasteiger charge is -2.28. The Labute approximate surface area is 136 Å². The average molecular weight is 324 g/mol. The molecule has 0 saturated carbocycles. The zero-order valence-corrected chi connectivity index (χ0v) is 14.6. The van der Waals surface area contributed by atoms with Crippen LogP contribution in [0.1, 0.15) is 48.0 Å². The van der Waals surface area contributed by atoms with Crippen molar-refractivity contribution in [2.24, 2.45) is 0 Å². The van der Waals surface area contributed by atoms with E-state index in [1.165, 1.54) is 13.8 Å². The Morgan fingerprint density at radius 1 is 0.826 bits per heavy atom. The molecule has 23 heavy (non-hydrogen) atoms. The fourth-order valence-corrected chi connectivity index (χ4v) is 1.51. The van der Waals surface area contributed by atoms with E-state index in [4.69, 9.17) is 14.2 Å². The van der Waals surface area contributed by atoms with Crippen LogP contribution in [0.2, 0.25) is 0 Å². The second-order valence-corrected chi connectivity index (χ2v) is 5.42. The lowest BCUT2D eigenvalue weighted by Crippen LogP contribution is -2.42. The highest BCUT2D eigenvalue weighted by molar-refractivity contribution is 5.91. The largest absolute Gasteiger partial charge is 0.421 e. The third kappa shape index (κ3) is 6.50. The van der Waals surface area contributed by atoms with E-state index in [0.717, 1.165) is 12.5 Å². The van der Waals surface area contributed by atoms with Gasteiger partial charge in [-0.15, -0.1) is 0 Å². The van der Waals surface area contributed by atoms with Crippen LogP contribution in [0.25, 0.3) is 0 Å². The summed E-state index contributed by atoms with van der Waals surface area (Å²) in [5.74, 6) is -4.66. The number of allylic oxidation sites excluding steroid dienone is 1. The summed E-state index contributed by atoms with van der Waals surface area (Å²) >= 11 is 0. The minimum absolute atomic E-state index is 0.0663. The fourth-order valence-electron chi connectivity index (χ4n) is 1.51. The third-order valence-electron chi connectivity index (χ3n) is 2.73. The van der Waals surface area contributed by atoms with Gasteiger partial charge in [-0.25, -0.2) is 14.4 Å². The Balaban J connectivity index is 5.51. The van der Waals surface area contributed by atoms with Gasteiger partial charge in [0.05, 0.1) is 6.92 Å². The van der Waals surface area contributed by atoms with E-state index in [1.807, 2.05) is 0 Å². The smallest absolute Gasteiger partial charge is 0.385 e. The maximum atomic E-state index is 12.2. The molecular weight excluding hydrogens is 300 g/mol. The van der Waals surface area contributed by atoms with Crippen molar-refractivity contribution in [3.05, 3.63) is 35.5 Å². The second kappa shape index (κ2) is 8.31. The van der Waals surface area contributed by atoms with Gasteiger partial charge in [0.25, 0.3) is 0 Å². The summed E-state index contributed by atoms with van der Waals surface area (Å²) in [6.45, 7) is 16.1. The minimum atomic E-state index is -2.21. The Kier molecular flexibility index (Phi) is 7.46. The van der Waals surface area contributed by atoms with Crippen LogP contribution in [-0.2, 0) is 28.6 Å². The molecule has 0 radical (unpaired) electrons. The first-order valence-electron chi connectivity index (χ1n) is 7.10. The molecule has 6 heteroatoms. The molecule has 0 aromatic carbocycles. The number of hydrogen-bond donors (Lipinski definition) is 0. The van der Waals surface area contributed by atoms with Crippen LogP contribution in [0.3, 0.4) is 0 Å². The molecule has 0 amide bonds. The molecule has 0 aliphatic carbocycles. The van der Waals surface area contributed by atoms with E-state index < -0.39 is 23.9 Å². The first-order chi connectivity index (χ1) is 10.4. The van der Waals surface area contributed by atoms with Crippen LogP contribution < -0.4 is 0 Å². The molecule has 0 atom stereocenters. The summed E-state index contributed by atoms with van der Waals surface area (Å²) in [6.07, 6.45) is 0.417. The van der Waals surface area contributed by atoms with Crippen LogP contribution >= 0.6 is 0 Å². The number of ether oxygens (including phenoxy) is 3. The van der Waals surface area contributed by atoms with Crippen molar-refractivity contribution in [3.63, 3.8) is 0 Å². The molecule has 0 aliphatic rings. The van der Waals surface area contributed by atoms with Gasteiger partial charge in [0, 0.05) is 16.7 Å². The highest BCUT2D eigenvalue weighted by Gasteiger charge is 2.39. The second-order valence-electron chi connectivity index (χ2n) is 5.42. The normalized spacial score (nSPS) is 10.3. The fraction of sp³-hybridized carbons (Fsp3) is 0.471. The van der Waals surface area contributed by atoms with E-state index in [-0.39, 0.29) is 11.1 Å². The predicted molar refractivity (Wildman–Crippen MR) is 85.0 cm³/mol. The first-order valence-corrected chi connectivity index (χ1v) is 7.10. The van der Waals surface area contributed by atoms with E-state index in [0.29, 0.717) is 12.0 Å². The third-order valence-corrected chi connectivity index (χ3v) is 2.73. The monoisotopic (exact) mass is 324 g/mol. The summed E-state index contributed by atoms with van der Waals surface area (Å²) < 4.78 is 15.1. The number of esters is 3. The van der Waals surface area contributed by atoms with Gasteiger partial charge in [0.15, 0.2) is 0 Å². The highest BCUT2D eigenvalue weighted by Crippen LogP contribution is 2.22. The van der Waals surface area contributed by atoms with Crippen LogP contribution in [-0.4, -0.2) is 23.9 Å². The number of hydrogen-bond acceptors (Lipinski definition) is 6.